The number of benzene rings is 3. The van der Waals surface area contributed by atoms with E-state index in [0.29, 0.717) is 29.8 Å². The van der Waals surface area contributed by atoms with Crippen molar-refractivity contribution in [1.82, 2.24) is 15.2 Å². The first-order chi connectivity index (χ1) is 20.0. The molecule has 1 unspecified atom stereocenters. The van der Waals surface area contributed by atoms with Crippen molar-refractivity contribution in [3.05, 3.63) is 95.6 Å². The molecule has 1 aliphatic heterocycles. The van der Waals surface area contributed by atoms with Gasteiger partial charge in [0, 0.05) is 23.7 Å². The summed E-state index contributed by atoms with van der Waals surface area (Å²) < 4.78 is 0. The number of amides is 1. The number of carbonyl (C=O) groups excluding carboxylic acids is 1. The number of piperidine rings is 1. The number of rotatable bonds is 8. The van der Waals surface area contributed by atoms with E-state index in [4.69, 9.17) is 5.73 Å². The maximum Gasteiger partial charge on any atom is 0.255 e. The number of phenolic OH excluding ortho intramolecular Hbond substituents is 2. The molecule has 5 N–H and O–H groups in total. The average molecular weight is 548 g/mol. The highest BCUT2D eigenvalue weighted by Gasteiger charge is 2.24. The van der Waals surface area contributed by atoms with Gasteiger partial charge in [-0.3, -0.25) is 9.69 Å². The second kappa shape index (κ2) is 12.5. The molecule has 8 nitrogen and oxygen atoms in total. The zero-order chi connectivity index (χ0) is 28.8. The third-order valence-corrected chi connectivity index (χ3v) is 7.61. The minimum atomic E-state index is -0.308. The third kappa shape index (κ3) is 6.16. The molecule has 0 aliphatic carbocycles. The van der Waals surface area contributed by atoms with Crippen molar-refractivity contribution in [2.75, 3.05) is 25.4 Å². The molecule has 3 aromatic carbocycles. The van der Waals surface area contributed by atoms with Crippen molar-refractivity contribution in [2.24, 2.45) is 0 Å². The molecule has 8 heteroatoms. The number of anilines is 1. The Kier molecular flexibility index (Phi) is 8.47. The summed E-state index contributed by atoms with van der Waals surface area (Å²) in [6.07, 6.45) is 4.10. The molecule has 208 valence electrons. The number of aromatic nitrogens is 1. The second-order valence-corrected chi connectivity index (χ2v) is 10.2. The van der Waals surface area contributed by atoms with Gasteiger partial charge in [0.15, 0.2) is 0 Å². The zero-order valence-electron chi connectivity index (χ0n) is 22.8. The van der Waals surface area contributed by atoms with Crippen LogP contribution in [0.2, 0.25) is 0 Å². The maximum atomic E-state index is 12.7. The van der Waals surface area contributed by atoms with Crippen molar-refractivity contribution in [3.8, 4) is 40.0 Å². The highest BCUT2D eigenvalue weighted by molar-refractivity contribution is 5.96. The van der Waals surface area contributed by atoms with Crippen LogP contribution in [-0.4, -0.2) is 45.6 Å². The summed E-state index contributed by atoms with van der Waals surface area (Å²) in [4.78, 5) is 19.6. The van der Waals surface area contributed by atoms with Crippen LogP contribution in [0.1, 0.15) is 53.2 Å². The van der Waals surface area contributed by atoms with Gasteiger partial charge in [0.05, 0.1) is 11.3 Å². The molecule has 0 bridgehead atoms. The first-order valence-corrected chi connectivity index (χ1v) is 13.9. The number of phenols is 2. The molecule has 2 heterocycles. The molecule has 5 rings (SSSR count). The number of nitrogens with two attached hydrogens (primary N) is 1. The number of para-hydroxylation sites is 2. The number of nitrogens with zero attached hydrogens (tertiary/aromatic N) is 3. The predicted octanol–water partition coefficient (Wildman–Crippen LogP) is 5.63. The van der Waals surface area contributed by atoms with Crippen LogP contribution in [0, 0.1) is 11.3 Å². The molecule has 1 saturated heterocycles. The van der Waals surface area contributed by atoms with Crippen LogP contribution >= 0.6 is 0 Å². The lowest BCUT2D eigenvalue weighted by Crippen LogP contribution is -2.36. The zero-order valence-corrected chi connectivity index (χ0v) is 22.8. The molecule has 1 aromatic heterocycles. The van der Waals surface area contributed by atoms with E-state index in [-0.39, 0.29) is 40.4 Å². The van der Waals surface area contributed by atoms with Gasteiger partial charge in [0.2, 0.25) is 0 Å². The fourth-order valence-corrected chi connectivity index (χ4v) is 5.53. The molecule has 1 aliphatic rings. The lowest BCUT2D eigenvalue weighted by atomic mass is 9.93. The van der Waals surface area contributed by atoms with Crippen LogP contribution in [0.3, 0.4) is 0 Å². The minimum absolute atomic E-state index is 0.0432. The van der Waals surface area contributed by atoms with Gasteiger partial charge in [-0.2, -0.15) is 5.26 Å². The summed E-state index contributed by atoms with van der Waals surface area (Å²) in [6.45, 7) is 2.36. The Morgan fingerprint density at radius 2 is 1.68 bits per heavy atom. The number of carbonyl (C=O) groups is 1. The Balaban J connectivity index is 1.46. The van der Waals surface area contributed by atoms with Gasteiger partial charge in [-0.15, -0.1) is 0 Å². The Bertz CT molecular complexity index is 1590. The Morgan fingerprint density at radius 3 is 2.41 bits per heavy atom. The van der Waals surface area contributed by atoms with E-state index in [2.05, 4.69) is 33.4 Å². The largest absolute Gasteiger partial charge is 0.507 e. The van der Waals surface area contributed by atoms with Crippen molar-refractivity contribution in [2.45, 2.75) is 31.7 Å². The normalized spacial score (nSPS) is 14.2. The van der Waals surface area contributed by atoms with Crippen LogP contribution in [0.15, 0.2) is 78.9 Å². The van der Waals surface area contributed by atoms with Gasteiger partial charge < -0.3 is 21.3 Å². The molecule has 1 atom stereocenters. The van der Waals surface area contributed by atoms with Crippen molar-refractivity contribution >= 4 is 11.7 Å². The number of hydrogen-bond donors (Lipinski definition) is 4. The molecule has 0 radical (unpaired) electrons. The molecule has 41 heavy (non-hydrogen) atoms. The summed E-state index contributed by atoms with van der Waals surface area (Å²) in [7, 11) is 0. The fraction of sp³-hybridized carbons (Fsp3) is 0.242. The number of nitriles is 1. The predicted molar refractivity (Wildman–Crippen MR) is 159 cm³/mol. The van der Waals surface area contributed by atoms with E-state index in [1.54, 1.807) is 42.5 Å². The van der Waals surface area contributed by atoms with Crippen LogP contribution in [0.4, 0.5) is 5.82 Å². The lowest BCUT2D eigenvalue weighted by Gasteiger charge is -2.35. The number of likely N-dealkylation sites (tertiary alicyclic amines) is 1. The minimum Gasteiger partial charge on any atom is -0.507 e. The fourth-order valence-electron chi connectivity index (χ4n) is 5.53. The molecule has 1 amide bonds. The molecule has 1 fully saturated rings. The van der Waals surface area contributed by atoms with Crippen LogP contribution in [-0.2, 0) is 0 Å². The Morgan fingerprint density at radius 1 is 0.951 bits per heavy atom. The van der Waals surface area contributed by atoms with Crippen LogP contribution in [0.5, 0.6) is 11.5 Å². The van der Waals surface area contributed by atoms with E-state index in [0.717, 1.165) is 37.1 Å². The molecular formula is C33H33N5O3. The van der Waals surface area contributed by atoms with Crippen molar-refractivity contribution < 1.29 is 15.0 Å². The van der Waals surface area contributed by atoms with E-state index in [9.17, 15) is 20.3 Å². The Labute approximate surface area is 239 Å². The SMILES string of the molecule is N#Cc1c(-c2cccc(C(CCNC(=O)c3ccccc3O)N3CCCCC3)c2)cc(-c2ccccc2O)nc1N. The number of hydrogen-bond acceptors (Lipinski definition) is 7. The number of nitrogen functional groups attached to an aromatic ring is 1. The lowest BCUT2D eigenvalue weighted by molar-refractivity contribution is 0.0941. The first-order valence-electron chi connectivity index (χ1n) is 13.9. The number of pyridine rings is 1. The van der Waals surface area contributed by atoms with Crippen molar-refractivity contribution in [3.63, 3.8) is 0 Å². The third-order valence-electron chi connectivity index (χ3n) is 7.61. The standard InChI is InChI=1S/C33H33N5O3/c34-21-27-26(20-28(37-32(27)35)24-11-2-4-13-30(24)39)22-9-8-10-23(19-22)29(38-17-6-1-7-18-38)15-16-36-33(41)25-12-3-5-14-31(25)40/h2-5,8-14,19-20,29,39-40H,1,6-7,15-18H2,(H2,35,37)(H,36,41). The van der Waals surface area contributed by atoms with E-state index < -0.39 is 0 Å². The van der Waals surface area contributed by atoms with Gasteiger partial charge in [-0.1, -0.05) is 48.9 Å². The smallest absolute Gasteiger partial charge is 0.255 e. The summed E-state index contributed by atoms with van der Waals surface area (Å²) in [6, 6.07) is 25.5. The monoisotopic (exact) mass is 547 g/mol. The van der Waals surface area contributed by atoms with Crippen LogP contribution < -0.4 is 11.1 Å². The van der Waals surface area contributed by atoms with Crippen LogP contribution in [0.25, 0.3) is 22.4 Å². The summed E-state index contributed by atoms with van der Waals surface area (Å²) in [5.74, 6) is -0.164. The van der Waals surface area contributed by atoms with Gasteiger partial charge in [0.1, 0.15) is 28.9 Å². The molecule has 0 saturated carbocycles. The topological polar surface area (TPSA) is 136 Å². The van der Waals surface area contributed by atoms with E-state index in [1.807, 2.05) is 18.2 Å². The Hall–Kier alpha value is -4.87. The number of nitrogens with one attached hydrogen (secondary N) is 1. The second-order valence-electron chi connectivity index (χ2n) is 10.2. The summed E-state index contributed by atoms with van der Waals surface area (Å²) >= 11 is 0. The quantitative estimate of drug-likeness (QED) is 0.225. The van der Waals surface area contributed by atoms with Gasteiger partial charge in [0.25, 0.3) is 5.91 Å². The maximum absolute atomic E-state index is 12.7. The highest BCUT2D eigenvalue weighted by Crippen LogP contribution is 2.36. The highest BCUT2D eigenvalue weighted by atomic mass is 16.3. The average Bonchev–Trinajstić information content (AvgIpc) is 3.00. The molecule has 4 aromatic rings. The van der Waals surface area contributed by atoms with Gasteiger partial charge in [-0.05, 0) is 79.9 Å². The van der Waals surface area contributed by atoms with E-state index >= 15 is 0 Å². The van der Waals surface area contributed by atoms with Crippen molar-refractivity contribution in [1.29, 1.82) is 5.26 Å². The number of aromatic hydroxyl groups is 2. The van der Waals surface area contributed by atoms with Gasteiger partial charge >= 0.3 is 0 Å². The first kappa shape index (κ1) is 27.7. The summed E-state index contributed by atoms with van der Waals surface area (Å²) in [5, 5.41) is 33.4. The van der Waals surface area contributed by atoms with E-state index in [1.165, 1.54) is 12.5 Å². The summed E-state index contributed by atoms with van der Waals surface area (Å²) in [5.41, 5.74) is 10.3. The molecule has 0 spiro atoms. The van der Waals surface area contributed by atoms with Gasteiger partial charge in [-0.25, -0.2) is 4.98 Å². The molecular weight excluding hydrogens is 514 g/mol.